The van der Waals surface area contributed by atoms with Gasteiger partial charge >= 0.3 is 0 Å². The van der Waals surface area contributed by atoms with E-state index in [0.717, 1.165) is 6.54 Å². The van der Waals surface area contributed by atoms with Crippen molar-refractivity contribution in [3.63, 3.8) is 0 Å². The SMILES string of the molecule is CCN(C)c1ncc(F)c(C)n1. The third-order valence-corrected chi connectivity index (χ3v) is 1.72. The van der Waals surface area contributed by atoms with Crippen molar-refractivity contribution in [3.8, 4) is 0 Å². The van der Waals surface area contributed by atoms with E-state index in [4.69, 9.17) is 0 Å². The van der Waals surface area contributed by atoms with E-state index in [9.17, 15) is 4.39 Å². The summed E-state index contributed by atoms with van der Waals surface area (Å²) in [4.78, 5) is 9.69. The highest BCUT2D eigenvalue weighted by Gasteiger charge is 2.04. The highest BCUT2D eigenvalue weighted by molar-refractivity contribution is 5.28. The fraction of sp³-hybridized carbons (Fsp3) is 0.500. The van der Waals surface area contributed by atoms with Crippen molar-refractivity contribution in [3.05, 3.63) is 17.7 Å². The van der Waals surface area contributed by atoms with Crippen molar-refractivity contribution in [1.82, 2.24) is 9.97 Å². The van der Waals surface area contributed by atoms with Gasteiger partial charge in [0, 0.05) is 13.6 Å². The number of anilines is 1. The number of hydrogen-bond acceptors (Lipinski definition) is 3. The molecule has 0 aliphatic carbocycles. The minimum atomic E-state index is -0.358. The van der Waals surface area contributed by atoms with Gasteiger partial charge in [0.25, 0.3) is 0 Å². The maximum absolute atomic E-state index is 12.7. The van der Waals surface area contributed by atoms with Crippen LogP contribution in [0.5, 0.6) is 0 Å². The zero-order chi connectivity index (χ0) is 9.14. The normalized spacial score (nSPS) is 10.0. The first-order valence-corrected chi connectivity index (χ1v) is 3.85. The number of rotatable bonds is 2. The number of halogens is 1. The molecule has 12 heavy (non-hydrogen) atoms. The number of nitrogens with zero attached hydrogens (tertiary/aromatic N) is 3. The standard InChI is InChI=1S/C8H12FN3/c1-4-12(3)8-10-5-7(9)6(2)11-8/h5H,4H2,1-3H3. The molecule has 4 heteroatoms. The van der Waals surface area contributed by atoms with Crippen LogP contribution in [0.1, 0.15) is 12.6 Å². The fourth-order valence-corrected chi connectivity index (χ4v) is 0.765. The lowest BCUT2D eigenvalue weighted by Crippen LogP contribution is -2.19. The molecule has 1 aromatic heterocycles. The molecule has 0 saturated heterocycles. The summed E-state index contributed by atoms with van der Waals surface area (Å²) in [5.41, 5.74) is 0.389. The molecule has 0 aliphatic heterocycles. The first-order valence-electron chi connectivity index (χ1n) is 3.85. The molecule has 0 amide bonds. The second kappa shape index (κ2) is 3.47. The minimum absolute atomic E-state index is 0.358. The van der Waals surface area contributed by atoms with Gasteiger partial charge in [0.1, 0.15) is 0 Å². The maximum Gasteiger partial charge on any atom is 0.225 e. The molecule has 1 heterocycles. The molecule has 0 bridgehead atoms. The Bertz CT molecular complexity index is 275. The highest BCUT2D eigenvalue weighted by Crippen LogP contribution is 2.07. The molecular formula is C8H12FN3. The molecule has 0 unspecified atom stereocenters. The van der Waals surface area contributed by atoms with Gasteiger partial charge in [0.15, 0.2) is 5.82 Å². The van der Waals surface area contributed by atoms with E-state index < -0.39 is 0 Å². The summed E-state index contributed by atoms with van der Waals surface area (Å²) < 4.78 is 12.7. The van der Waals surface area contributed by atoms with Crippen molar-refractivity contribution < 1.29 is 4.39 Å². The summed E-state index contributed by atoms with van der Waals surface area (Å²) in [5, 5.41) is 0. The number of hydrogen-bond donors (Lipinski definition) is 0. The van der Waals surface area contributed by atoms with Gasteiger partial charge in [-0.25, -0.2) is 14.4 Å². The van der Waals surface area contributed by atoms with Crippen LogP contribution in [-0.2, 0) is 0 Å². The van der Waals surface area contributed by atoms with Gasteiger partial charge < -0.3 is 4.90 Å². The molecular weight excluding hydrogens is 157 g/mol. The molecule has 0 atom stereocenters. The molecule has 1 aromatic rings. The third kappa shape index (κ3) is 1.69. The van der Waals surface area contributed by atoms with E-state index in [1.54, 1.807) is 6.92 Å². The van der Waals surface area contributed by atoms with Crippen LogP contribution in [0, 0.1) is 12.7 Å². The van der Waals surface area contributed by atoms with E-state index >= 15 is 0 Å². The summed E-state index contributed by atoms with van der Waals surface area (Å²) in [6.07, 6.45) is 1.20. The first kappa shape index (κ1) is 8.90. The zero-order valence-electron chi connectivity index (χ0n) is 7.50. The Morgan fingerprint density at radius 2 is 2.25 bits per heavy atom. The number of aromatic nitrogens is 2. The second-order valence-electron chi connectivity index (χ2n) is 2.62. The molecule has 3 nitrogen and oxygen atoms in total. The Balaban J connectivity index is 2.96. The molecule has 0 saturated carbocycles. The largest absolute Gasteiger partial charge is 0.344 e. The van der Waals surface area contributed by atoms with Crippen LogP contribution in [0.15, 0.2) is 6.20 Å². The summed E-state index contributed by atoms with van der Waals surface area (Å²) in [7, 11) is 1.87. The summed E-state index contributed by atoms with van der Waals surface area (Å²) in [6.45, 7) is 4.43. The predicted molar refractivity (Wildman–Crippen MR) is 45.7 cm³/mol. The van der Waals surface area contributed by atoms with Crippen LogP contribution >= 0.6 is 0 Å². The molecule has 1 rings (SSSR count). The highest BCUT2D eigenvalue weighted by atomic mass is 19.1. The van der Waals surface area contributed by atoms with E-state index in [1.165, 1.54) is 6.20 Å². The van der Waals surface area contributed by atoms with E-state index in [1.807, 2.05) is 18.9 Å². The van der Waals surface area contributed by atoms with Crippen LogP contribution in [0.3, 0.4) is 0 Å². The van der Waals surface area contributed by atoms with Gasteiger partial charge in [-0.2, -0.15) is 0 Å². The predicted octanol–water partition coefficient (Wildman–Crippen LogP) is 1.38. The average Bonchev–Trinajstić information content (AvgIpc) is 2.08. The van der Waals surface area contributed by atoms with Crippen LogP contribution in [0.25, 0.3) is 0 Å². The molecule has 0 N–H and O–H groups in total. The Labute approximate surface area is 71.3 Å². The summed E-state index contributed by atoms with van der Waals surface area (Å²) in [6, 6.07) is 0. The van der Waals surface area contributed by atoms with Crippen LogP contribution in [-0.4, -0.2) is 23.6 Å². The van der Waals surface area contributed by atoms with Gasteiger partial charge in [0.2, 0.25) is 5.95 Å². The minimum Gasteiger partial charge on any atom is -0.344 e. The molecule has 0 fully saturated rings. The number of aryl methyl sites for hydroxylation is 1. The van der Waals surface area contributed by atoms with Crippen molar-refractivity contribution >= 4 is 5.95 Å². The Kier molecular flexibility index (Phi) is 2.58. The van der Waals surface area contributed by atoms with Crippen molar-refractivity contribution in [2.75, 3.05) is 18.5 Å². The third-order valence-electron chi connectivity index (χ3n) is 1.72. The van der Waals surface area contributed by atoms with E-state index in [-0.39, 0.29) is 5.82 Å². The topological polar surface area (TPSA) is 29.0 Å². The Hall–Kier alpha value is -1.19. The average molecular weight is 169 g/mol. The fourth-order valence-electron chi connectivity index (χ4n) is 0.765. The van der Waals surface area contributed by atoms with Gasteiger partial charge in [-0.3, -0.25) is 0 Å². The van der Waals surface area contributed by atoms with Crippen molar-refractivity contribution in [2.45, 2.75) is 13.8 Å². The monoisotopic (exact) mass is 169 g/mol. The van der Waals surface area contributed by atoms with Gasteiger partial charge in [0.05, 0.1) is 11.9 Å². The van der Waals surface area contributed by atoms with E-state index in [0.29, 0.717) is 11.6 Å². The Morgan fingerprint density at radius 1 is 1.58 bits per heavy atom. The summed E-state index contributed by atoms with van der Waals surface area (Å²) >= 11 is 0. The van der Waals surface area contributed by atoms with Gasteiger partial charge in [-0.15, -0.1) is 0 Å². The summed E-state index contributed by atoms with van der Waals surface area (Å²) in [5.74, 6) is 0.208. The first-order chi connectivity index (χ1) is 5.65. The lowest BCUT2D eigenvalue weighted by Gasteiger charge is -2.13. The maximum atomic E-state index is 12.7. The smallest absolute Gasteiger partial charge is 0.225 e. The van der Waals surface area contributed by atoms with Gasteiger partial charge in [-0.1, -0.05) is 0 Å². The molecule has 66 valence electrons. The molecule has 0 radical (unpaired) electrons. The van der Waals surface area contributed by atoms with E-state index in [2.05, 4.69) is 9.97 Å². The van der Waals surface area contributed by atoms with Crippen LogP contribution in [0.2, 0.25) is 0 Å². The molecule has 0 aliphatic rings. The molecule has 0 aromatic carbocycles. The quantitative estimate of drug-likeness (QED) is 0.669. The zero-order valence-corrected chi connectivity index (χ0v) is 7.50. The lowest BCUT2D eigenvalue weighted by molar-refractivity contribution is 0.600. The molecule has 0 spiro atoms. The van der Waals surface area contributed by atoms with Gasteiger partial charge in [-0.05, 0) is 13.8 Å². The van der Waals surface area contributed by atoms with Crippen molar-refractivity contribution in [2.24, 2.45) is 0 Å². The Morgan fingerprint density at radius 3 is 2.75 bits per heavy atom. The lowest BCUT2D eigenvalue weighted by atomic mass is 10.4. The second-order valence-corrected chi connectivity index (χ2v) is 2.62. The van der Waals surface area contributed by atoms with Crippen LogP contribution < -0.4 is 4.90 Å². The van der Waals surface area contributed by atoms with Crippen molar-refractivity contribution in [1.29, 1.82) is 0 Å². The van der Waals surface area contributed by atoms with Crippen LogP contribution in [0.4, 0.5) is 10.3 Å².